The Bertz CT molecular complexity index is 376. The summed E-state index contributed by atoms with van der Waals surface area (Å²) in [5.74, 6) is 0.178. The largest absolute Gasteiger partial charge is 0.396 e. The van der Waals surface area contributed by atoms with Gasteiger partial charge in [0.05, 0.1) is 13.2 Å². The Morgan fingerprint density at radius 1 is 1.29 bits per heavy atom. The summed E-state index contributed by atoms with van der Waals surface area (Å²) in [6.07, 6.45) is 0.573. The smallest absolute Gasteiger partial charge is 0.0515 e. The van der Waals surface area contributed by atoms with Gasteiger partial charge in [0.15, 0.2) is 0 Å². The fourth-order valence-electron chi connectivity index (χ4n) is 1.78. The Kier molecular flexibility index (Phi) is 5.45. The summed E-state index contributed by atoms with van der Waals surface area (Å²) in [6, 6.07) is 5.67. The van der Waals surface area contributed by atoms with Gasteiger partial charge in [-0.05, 0) is 30.0 Å². The first kappa shape index (κ1) is 15.0. The minimum Gasteiger partial charge on any atom is -0.396 e. The molecular weight excluding hydrogens is 303 g/mol. The third kappa shape index (κ3) is 3.44. The van der Waals surface area contributed by atoms with Crippen LogP contribution in [-0.2, 0) is 6.42 Å². The number of hydrogen-bond donors (Lipinski definition) is 2. The summed E-state index contributed by atoms with van der Waals surface area (Å²) in [5.41, 5.74) is 0.434. The van der Waals surface area contributed by atoms with Crippen LogP contribution in [0.15, 0.2) is 22.7 Å². The maximum Gasteiger partial charge on any atom is 0.0515 e. The quantitative estimate of drug-likeness (QED) is 0.874. The average Bonchev–Trinajstić information content (AvgIpc) is 2.28. The molecule has 0 spiro atoms. The lowest BCUT2D eigenvalue weighted by Crippen LogP contribution is -2.37. The number of benzene rings is 1. The first-order valence-corrected chi connectivity index (χ1v) is 6.78. The van der Waals surface area contributed by atoms with Crippen molar-refractivity contribution in [1.29, 1.82) is 0 Å². The highest BCUT2D eigenvalue weighted by Gasteiger charge is 2.33. The van der Waals surface area contributed by atoms with Crippen LogP contribution in [-0.4, -0.2) is 23.4 Å². The predicted molar refractivity (Wildman–Crippen MR) is 74.3 cm³/mol. The van der Waals surface area contributed by atoms with E-state index >= 15 is 0 Å². The van der Waals surface area contributed by atoms with E-state index in [1.807, 2.05) is 32.0 Å². The third-order valence-corrected chi connectivity index (χ3v) is 4.26. The number of hydrogen-bond acceptors (Lipinski definition) is 2. The highest BCUT2D eigenvalue weighted by Crippen LogP contribution is 2.34. The van der Waals surface area contributed by atoms with E-state index in [9.17, 15) is 10.2 Å². The molecule has 0 amide bonds. The highest BCUT2D eigenvalue weighted by atomic mass is 79.9. The van der Waals surface area contributed by atoms with Crippen molar-refractivity contribution in [3.8, 4) is 0 Å². The van der Waals surface area contributed by atoms with Gasteiger partial charge in [0.1, 0.15) is 0 Å². The second-order valence-corrected chi connectivity index (χ2v) is 6.07. The summed E-state index contributed by atoms with van der Waals surface area (Å²) < 4.78 is 0.925. The molecule has 0 aliphatic rings. The van der Waals surface area contributed by atoms with Crippen molar-refractivity contribution in [2.45, 2.75) is 20.3 Å². The van der Waals surface area contributed by atoms with Crippen LogP contribution in [0.5, 0.6) is 0 Å². The van der Waals surface area contributed by atoms with Gasteiger partial charge in [-0.1, -0.05) is 47.4 Å². The van der Waals surface area contributed by atoms with Crippen LogP contribution in [0.4, 0.5) is 0 Å². The van der Waals surface area contributed by atoms with Crippen molar-refractivity contribution in [2.24, 2.45) is 11.3 Å². The molecule has 17 heavy (non-hydrogen) atoms. The van der Waals surface area contributed by atoms with E-state index in [4.69, 9.17) is 11.6 Å². The summed E-state index contributed by atoms with van der Waals surface area (Å²) in [6.45, 7) is 3.90. The standard InChI is InChI=1S/C13H18BrClO2/c1-9(2)13(7-16,8-17)6-10-3-4-11(14)5-12(10)15/h3-5,9,16-17H,6-8H2,1-2H3. The SMILES string of the molecule is CC(C)C(CO)(CO)Cc1ccc(Br)cc1Cl. The number of aliphatic hydroxyl groups excluding tert-OH is 2. The normalized spacial score (nSPS) is 12.2. The number of aliphatic hydroxyl groups is 2. The molecule has 1 aromatic rings. The molecule has 0 saturated heterocycles. The van der Waals surface area contributed by atoms with Crippen molar-refractivity contribution in [3.63, 3.8) is 0 Å². The molecule has 0 heterocycles. The van der Waals surface area contributed by atoms with Crippen LogP contribution >= 0.6 is 27.5 Å². The molecule has 0 aromatic heterocycles. The Labute approximate surface area is 116 Å². The molecule has 2 N–H and O–H groups in total. The summed E-state index contributed by atoms with van der Waals surface area (Å²) in [5, 5.41) is 19.7. The van der Waals surface area contributed by atoms with Crippen molar-refractivity contribution in [2.75, 3.05) is 13.2 Å². The van der Waals surface area contributed by atoms with Gasteiger partial charge in [0.25, 0.3) is 0 Å². The van der Waals surface area contributed by atoms with Crippen LogP contribution in [0.25, 0.3) is 0 Å². The third-order valence-electron chi connectivity index (χ3n) is 3.41. The molecule has 0 aliphatic carbocycles. The number of rotatable bonds is 5. The Morgan fingerprint density at radius 3 is 2.29 bits per heavy atom. The Morgan fingerprint density at radius 2 is 1.88 bits per heavy atom. The van der Waals surface area contributed by atoms with Crippen molar-refractivity contribution in [3.05, 3.63) is 33.3 Å². The Hall–Kier alpha value is -0.0900. The summed E-state index contributed by atoms with van der Waals surface area (Å²) >= 11 is 9.52. The van der Waals surface area contributed by atoms with Gasteiger partial charge in [-0.2, -0.15) is 0 Å². The monoisotopic (exact) mass is 320 g/mol. The average molecular weight is 322 g/mol. The molecule has 0 radical (unpaired) electrons. The van der Waals surface area contributed by atoms with Gasteiger partial charge in [-0.3, -0.25) is 0 Å². The fraction of sp³-hybridized carbons (Fsp3) is 0.538. The second kappa shape index (κ2) is 6.19. The molecule has 1 aromatic carbocycles. The predicted octanol–water partition coefficient (Wildman–Crippen LogP) is 3.27. The van der Waals surface area contributed by atoms with E-state index in [2.05, 4.69) is 15.9 Å². The van der Waals surface area contributed by atoms with Gasteiger partial charge >= 0.3 is 0 Å². The zero-order valence-corrected chi connectivity index (χ0v) is 12.4. The lowest BCUT2D eigenvalue weighted by atomic mass is 9.74. The van der Waals surface area contributed by atoms with Crippen LogP contribution < -0.4 is 0 Å². The maximum atomic E-state index is 9.54. The van der Waals surface area contributed by atoms with E-state index in [-0.39, 0.29) is 19.1 Å². The molecular formula is C13H18BrClO2. The first-order chi connectivity index (χ1) is 7.95. The lowest BCUT2D eigenvalue weighted by molar-refractivity contribution is 0.0163. The molecule has 1 rings (SSSR count). The molecule has 96 valence electrons. The molecule has 0 fully saturated rings. The zero-order valence-electron chi connectivity index (χ0n) is 10.1. The molecule has 2 nitrogen and oxygen atoms in total. The first-order valence-electron chi connectivity index (χ1n) is 5.61. The van der Waals surface area contributed by atoms with Crippen molar-refractivity contribution in [1.82, 2.24) is 0 Å². The van der Waals surface area contributed by atoms with E-state index in [0.717, 1.165) is 10.0 Å². The van der Waals surface area contributed by atoms with E-state index in [1.165, 1.54) is 0 Å². The van der Waals surface area contributed by atoms with Gasteiger partial charge in [0, 0.05) is 14.9 Å². The summed E-state index contributed by atoms with van der Waals surface area (Å²) in [7, 11) is 0. The van der Waals surface area contributed by atoms with Crippen LogP contribution in [0.3, 0.4) is 0 Å². The lowest BCUT2D eigenvalue weighted by Gasteiger charge is -2.34. The molecule has 0 bridgehead atoms. The maximum absolute atomic E-state index is 9.54. The highest BCUT2D eigenvalue weighted by molar-refractivity contribution is 9.10. The molecule has 0 saturated carbocycles. The zero-order chi connectivity index (χ0) is 13.1. The van der Waals surface area contributed by atoms with Crippen LogP contribution in [0, 0.1) is 11.3 Å². The fourth-order valence-corrected chi connectivity index (χ4v) is 2.52. The minimum absolute atomic E-state index is 0.0481. The van der Waals surface area contributed by atoms with Crippen molar-refractivity contribution < 1.29 is 10.2 Å². The van der Waals surface area contributed by atoms with Gasteiger partial charge < -0.3 is 10.2 Å². The van der Waals surface area contributed by atoms with E-state index in [0.29, 0.717) is 11.4 Å². The molecule has 0 atom stereocenters. The van der Waals surface area contributed by atoms with Gasteiger partial charge in [-0.15, -0.1) is 0 Å². The topological polar surface area (TPSA) is 40.5 Å². The molecule has 4 heteroatoms. The van der Waals surface area contributed by atoms with Crippen LogP contribution in [0.2, 0.25) is 5.02 Å². The number of halogens is 2. The molecule has 0 aliphatic heterocycles. The van der Waals surface area contributed by atoms with E-state index < -0.39 is 5.41 Å². The second-order valence-electron chi connectivity index (χ2n) is 4.75. The van der Waals surface area contributed by atoms with Crippen LogP contribution in [0.1, 0.15) is 19.4 Å². The van der Waals surface area contributed by atoms with E-state index in [1.54, 1.807) is 0 Å². The molecule has 0 unspecified atom stereocenters. The van der Waals surface area contributed by atoms with Gasteiger partial charge in [0.2, 0.25) is 0 Å². The summed E-state index contributed by atoms with van der Waals surface area (Å²) in [4.78, 5) is 0. The Balaban J connectivity index is 3.01. The minimum atomic E-state index is -0.516. The van der Waals surface area contributed by atoms with Crippen molar-refractivity contribution >= 4 is 27.5 Å². The van der Waals surface area contributed by atoms with Gasteiger partial charge in [-0.25, -0.2) is 0 Å².